The lowest BCUT2D eigenvalue weighted by atomic mass is 10.2. The molecule has 0 aliphatic rings. The molecule has 0 bridgehead atoms. The summed E-state index contributed by atoms with van der Waals surface area (Å²) in [6.45, 7) is 0.868. The Kier molecular flexibility index (Phi) is 5.83. The third kappa shape index (κ3) is 4.94. The van der Waals surface area contributed by atoms with Crippen LogP contribution in [-0.2, 0) is 17.9 Å². The number of rotatable bonds is 7. The maximum absolute atomic E-state index is 10.8. The van der Waals surface area contributed by atoms with E-state index in [9.17, 15) is 4.79 Å². The number of carbonyl (C=O) groups excluding carboxylic acids is 1. The number of fused-ring (bicyclic) bond motifs is 1. The zero-order chi connectivity index (χ0) is 19.1. The number of aliphatic imine (C=N–C) groups is 1. The Bertz CT molecular complexity index is 952. The summed E-state index contributed by atoms with van der Waals surface area (Å²) in [6.07, 6.45) is 1.92. The molecule has 0 atom stereocenters. The number of guanidine groups is 1. The Hall–Kier alpha value is -3.62. The molecule has 2 heterocycles. The average Bonchev–Trinajstić information content (AvgIpc) is 3.10. The van der Waals surface area contributed by atoms with Crippen LogP contribution in [0, 0.1) is 0 Å². The monoisotopic (exact) mass is 367 g/mol. The van der Waals surface area contributed by atoms with Crippen LogP contribution >= 0.6 is 0 Å². The molecule has 0 fully saturated rings. The molecule has 27 heavy (non-hydrogen) atoms. The van der Waals surface area contributed by atoms with Gasteiger partial charge in [0.05, 0.1) is 6.54 Å². The first-order chi connectivity index (χ1) is 13.2. The number of amides is 1. The van der Waals surface area contributed by atoms with Crippen LogP contribution in [0.5, 0.6) is 5.75 Å². The number of ether oxygens (including phenoxy) is 1. The third-order valence-electron chi connectivity index (χ3n) is 3.76. The van der Waals surface area contributed by atoms with Crippen molar-refractivity contribution < 1.29 is 9.53 Å². The van der Waals surface area contributed by atoms with Gasteiger partial charge >= 0.3 is 0 Å². The van der Waals surface area contributed by atoms with Crippen LogP contribution in [-0.4, -0.2) is 40.1 Å². The number of nitrogens with zero attached hydrogens (tertiary/aromatic N) is 4. The summed E-state index contributed by atoms with van der Waals surface area (Å²) in [5.74, 6) is 1.50. The molecule has 0 saturated carbocycles. The molecule has 0 saturated heterocycles. The van der Waals surface area contributed by atoms with Gasteiger partial charge in [0.15, 0.2) is 24.0 Å². The molecule has 2 aromatic heterocycles. The second-order valence-electron chi connectivity index (χ2n) is 5.73. The first-order valence-corrected chi connectivity index (χ1v) is 8.39. The predicted molar refractivity (Wildman–Crippen MR) is 101 cm³/mol. The van der Waals surface area contributed by atoms with E-state index >= 15 is 0 Å². The van der Waals surface area contributed by atoms with Crippen molar-refractivity contribution in [2.24, 2.45) is 10.7 Å². The van der Waals surface area contributed by atoms with Gasteiger partial charge < -0.3 is 21.1 Å². The second kappa shape index (κ2) is 8.65. The molecule has 1 amide bonds. The Morgan fingerprint density at radius 3 is 2.85 bits per heavy atom. The van der Waals surface area contributed by atoms with Gasteiger partial charge in [0.25, 0.3) is 5.91 Å². The van der Waals surface area contributed by atoms with Gasteiger partial charge in [0.1, 0.15) is 5.75 Å². The van der Waals surface area contributed by atoms with E-state index in [1.807, 2.05) is 47.0 Å². The zero-order valence-electron chi connectivity index (χ0n) is 14.9. The predicted octanol–water partition coefficient (Wildman–Crippen LogP) is 0.459. The van der Waals surface area contributed by atoms with Crippen molar-refractivity contribution in [1.82, 2.24) is 25.2 Å². The lowest BCUT2D eigenvalue weighted by Gasteiger charge is -2.12. The average molecular weight is 367 g/mol. The Morgan fingerprint density at radius 2 is 2.04 bits per heavy atom. The summed E-state index contributed by atoms with van der Waals surface area (Å²) in [7, 11) is 1.70. The Labute approximate surface area is 156 Å². The van der Waals surface area contributed by atoms with Crippen LogP contribution in [0.15, 0.2) is 53.7 Å². The smallest absolute Gasteiger partial charge is 0.255 e. The molecule has 3 rings (SSSR count). The first-order valence-electron chi connectivity index (χ1n) is 8.39. The standard InChI is InChI=1S/C18H21N7O2/c1-20-18(22-11-17-24-23-16-7-2-3-8-25(16)17)21-10-13-5-4-6-14(9-13)27-12-15(19)26/h2-9H,10-12H2,1H3,(H2,19,26)(H2,20,21,22). The fraction of sp³-hybridized carbons (Fsp3) is 0.222. The molecule has 3 aromatic rings. The molecule has 1 aromatic carbocycles. The molecule has 0 aliphatic heterocycles. The maximum Gasteiger partial charge on any atom is 0.255 e. The van der Waals surface area contributed by atoms with Crippen molar-refractivity contribution in [1.29, 1.82) is 0 Å². The van der Waals surface area contributed by atoms with Crippen molar-refractivity contribution in [2.45, 2.75) is 13.1 Å². The number of primary amides is 1. The molecule has 140 valence electrons. The van der Waals surface area contributed by atoms with Crippen LogP contribution in [0.2, 0.25) is 0 Å². The van der Waals surface area contributed by atoms with Crippen LogP contribution in [0.25, 0.3) is 5.65 Å². The number of nitrogens with two attached hydrogens (primary N) is 1. The van der Waals surface area contributed by atoms with Gasteiger partial charge in [-0.05, 0) is 29.8 Å². The molecule has 0 unspecified atom stereocenters. The number of carbonyl (C=O) groups is 1. The van der Waals surface area contributed by atoms with E-state index < -0.39 is 5.91 Å². The SMILES string of the molecule is CN=C(NCc1cccc(OCC(N)=O)c1)NCc1nnc2ccccn12. The molecule has 0 spiro atoms. The highest BCUT2D eigenvalue weighted by Crippen LogP contribution is 2.13. The summed E-state index contributed by atoms with van der Waals surface area (Å²) < 4.78 is 7.23. The second-order valence-corrected chi connectivity index (χ2v) is 5.73. The van der Waals surface area contributed by atoms with Gasteiger partial charge in [-0.25, -0.2) is 0 Å². The van der Waals surface area contributed by atoms with Crippen LogP contribution in [0.4, 0.5) is 0 Å². The highest BCUT2D eigenvalue weighted by molar-refractivity contribution is 5.79. The van der Waals surface area contributed by atoms with E-state index in [1.54, 1.807) is 13.1 Å². The van der Waals surface area contributed by atoms with Crippen molar-refractivity contribution in [3.05, 3.63) is 60.0 Å². The van der Waals surface area contributed by atoms with Crippen LogP contribution in [0.1, 0.15) is 11.4 Å². The quantitative estimate of drug-likeness (QED) is 0.412. The maximum atomic E-state index is 10.8. The molecule has 9 nitrogen and oxygen atoms in total. The van der Waals surface area contributed by atoms with E-state index in [0.29, 0.717) is 24.8 Å². The molecule has 0 radical (unpaired) electrons. The normalized spacial score (nSPS) is 11.4. The highest BCUT2D eigenvalue weighted by atomic mass is 16.5. The first kappa shape index (κ1) is 18.2. The van der Waals surface area contributed by atoms with E-state index in [0.717, 1.165) is 17.0 Å². The third-order valence-corrected chi connectivity index (χ3v) is 3.76. The summed E-state index contributed by atoms with van der Waals surface area (Å²) in [5.41, 5.74) is 6.87. The molecule has 9 heteroatoms. The number of hydrogen-bond acceptors (Lipinski definition) is 5. The molecular formula is C18H21N7O2. The molecule has 0 aliphatic carbocycles. The van der Waals surface area contributed by atoms with Gasteiger partial charge in [-0.3, -0.25) is 14.2 Å². The topological polar surface area (TPSA) is 119 Å². The van der Waals surface area contributed by atoms with E-state index in [4.69, 9.17) is 10.5 Å². The van der Waals surface area contributed by atoms with Gasteiger partial charge in [-0.2, -0.15) is 0 Å². The number of hydrogen-bond donors (Lipinski definition) is 3. The summed E-state index contributed by atoms with van der Waals surface area (Å²) in [6, 6.07) is 13.2. The van der Waals surface area contributed by atoms with E-state index in [-0.39, 0.29) is 6.61 Å². The minimum Gasteiger partial charge on any atom is -0.484 e. The van der Waals surface area contributed by atoms with Crippen molar-refractivity contribution in [3.8, 4) is 5.75 Å². The molecular weight excluding hydrogens is 346 g/mol. The van der Waals surface area contributed by atoms with Gasteiger partial charge in [0.2, 0.25) is 0 Å². The van der Waals surface area contributed by atoms with Gasteiger partial charge in [-0.1, -0.05) is 18.2 Å². The van der Waals surface area contributed by atoms with E-state index in [2.05, 4.69) is 25.8 Å². The van der Waals surface area contributed by atoms with Gasteiger partial charge in [-0.15, -0.1) is 10.2 Å². The highest BCUT2D eigenvalue weighted by Gasteiger charge is 2.06. The number of nitrogens with one attached hydrogen (secondary N) is 2. The summed E-state index contributed by atoms with van der Waals surface area (Å²) >= 11 is 0. The van der Waals surface area contributed by atoms with E-state index in [1.165, 1.54) is 0 Å². The van der Waals surface area contributed by atoms with Crippen LogP contribution in [0.3, 0.4) is 0 Å². The summed E-state index contributed by atoms with van der Waals surface area (Å²) in [5, 5.41) is 14.7. The van der Waals surface area contributed by atoms with Crippen molar-refractivity contribution >= 4 is 17.5 Å². The largest absolute Gasteiger partial charge is 0.484 e. The van der Waals surface area contributed by atoms with Crippen LogP contribution < -0.4 is 21.1 Å². The van der Waals surface area contributed by atoms with Crippen molar-refractivity contribution in [2.75, 3.05) is 13.7 Å². The lowest BCUT2D eigenvalue weighted by molar-refractivity contribution is -0.119. The number of aromatic nitrogens is 3. The fourth-order valence-corrected chi connectivity index (χ4v) is 2.48. The zero-order valence-corrected chi connectivity index (χ0v) is 14.9. The minimum absolute atomic E-state index is 0.146. The Morgan fingerprint density at radius 1 is 1.19 bits per heavy atom. The minimum atomic E-state index is -0.510. The summed E-state index contributed by atoms with van der Waals surface area (Å²) in [4.78, 5) is 15.0. The van der Waals surface area contributed by atoms with Crippen molar-refractivity contribution in [3.63, 3.8) is 0 Å². The molecule has 4 N–H and O–H groups in total. The lowest BCUT2D eigenvalue weighted by Crippen LogP contribution is -2.36. The number of pyridine rings is 1. The Balaban J connectivity index is 1.55. The van der Waals surface area contributed by atoms with Gasteiger partial charge in [0, 0.05) is 19.8 Å². The fourth-order valence-electron chi connectivity index (χ4n) is 2.48. The number of benzene rings is 1.